The zero-order chi connectivity index (χ0) is 10.8. The fourth-order valence-corrected chi connectivity index (χ4v) is 3.51. The number of likely N-dealkylation sites (tertiary alicyclic amines) is 1. The molecule has 2 nitrogen and oxygen atoms in total. The van der Waals surface area contributed by atoms with Gasteiger partial charge in [-0.15, -0.1) is 0 Å². The van der Waals surface area contributed by atoms with Crippen LogP contribution in [0.3, 0.4) is 0 Å². The van der Waals surface area contributed by atoms with Crippen molar-refractivity contribution in [3.05, 3.63) is 0 Å². The molecular formula is C13H25NO. The predicted molar refractivity (Wildman–Crippen MR) is 63.0 cm³/mol. The van der Waals surface area contributed by atoms with Crippen molar-refractivity contribution in [1.82, 2.24) is 4.90 Å². The highest BCUT2D eigenvalue weighted by Crippen LogP contribution is 2.38. The van der Waals surface area contributed by atoms with Crippen LogP contribution in [0.5, 0.6) is 0 Å². The lowest BCUT2D eigenvalue weighted by Gasteiger charge is -2.34. The zero-order valence-corrected chi connectivity index (χ0v) is 10.4. The topological polar surface area (TPSA) is 12.5 Å². The maximum atomic E-state index is 5.44. The molecule has 2 fully saturated rings. The molecule has 2 unspecified atom stereocenters. The third-order valence-electron chi connectivity index (χ3n) is 4.79. The zero-order valence-electron chi connectivity index (χ0n) is 10.4. The van der Waals surface area contributed by atoms with Gasteiger partial charge in [-0.05, 0) is 64.5 Å². The van der Waals surface area contributed by atoms with Gasteiger partial charge in [-0.3, -0.25) is 0 Å². The highest BCUT2D eigenvalue weighted by molar-refractivity contribution is 4.88. The van der Waals surface area contributed by atoms with Gasteiger partial charge in [0, 0.05) is 13.2 Å². The SMILES string of the molecule is COC1CCC(C2CCN(C)C2C)CC1. The minimum Gasteiger partial charge on any atom is -0.381 e. The Bertz CT molecular complexity index is 199. The summed E-state index contributed by atoms with van der Waals surface area (Å²) in [6.07, 6.45) is 7.32. The highest BCUT2D eigenvalue weighted by Gasteiger charge is 2.35. The van der Waals surface area contributed by atoms with E-state index in [1.807, 2.05) is 7.11 Å². The van der Waals surface area contributed by atoms with Crippen LogP contribution in [0.2, 0.25) is 0 Å². The summed E-state index contributed by atoms with van der Waals surface area (Å²) < 4.78 is 5.44. The molecule has 1 saturated carbocycles. The van der Waals surface area contributed by atoms with Crippen LogP contribution < -0.4 is 0 Å². The predicted octanol–water partition coefficient (Wildman–Crippen LogP) is 2.53. The Labute approximate surface area is 94.0 Å². The Kier molecular flexibility index (Phi) is 3.68. The molecule has 1 saturated heterocycles. The van der Waals surface area contributed by atoms with Gasteiger partial charge in [0.05, 0.1) is 6.10 Å². The second-order valence-corrected chi connectivity index (χ2v) is 5.45. The highest BCUT2D eigenvalue weighted by atomic mass is 16.5. The van der Waals surface area contributed by atoms with Crippen molar-refractivity contribution in [2.75, 3.05) is 20.7 Å². The number of hydrogen-bond donors (Lipinski definition) is 0. The van der Waals surface area contributed by atoms with Crippen LogP contribution >= 0.6 is 0 Å². The smallest absolute Gasteiger partial charge is 0.0571 e. The van der Waals surface area contributed by atoms with E-state index >= 15 is 0 Å². The molecule has 15 heavy (non-hydrogen) atoms. The molecular weight excluding hydrogens is 186 g/mol. The van der Waals surface area contributed by atoms with Gasteiger partial charge in [-0.2, -0.15) is 0 Å². The Morgan fingerprint density at radius 1 is 1.07 bits per heavy atom. The average molecular weight is 211 g/mol. The molecule has 0 aromatic heterocycles. The van der Waals surface area contributed by atoms with Crippen LogP contribution in [0.15, 0.2) is 0 Å². The molecule has 1 aliphatic heterocycles. The quantitative estimate of drug-likeness (QED) is 0.696. The second-order valence-electron chi connectivity index (χ2n) is 5.45. The normalized spacial score (nSPS) is 43.4. The van der Waals surface area contributed by atoms with E-state index in [0.29, 0.717) is 6.10 Å². The van der Waals surface area contributed by atoms with Crippen LogP contribution in [0.1, 0.15) is 39.0 Å². The standard InChI is InChI=1S/C13H25NO/c1-10-13(8-9-14(10)2)11-4-6-12(15-3)7-5-11/h10-13H,4-9H2,1-3H3. The number of hydrogen-bond acceptors (Lipinski definition) is 2. The van der Waals surface area contributed by atoms with Gasteiger partial charge in [0.25, 0.3) is 0 Å². The third kappa shape index (κ3) is 2.36. The van der Waals surface area contributed by atoms with Crippen molar-refractivity contribution in [2.45, 2.75) is 51.2 Å². The van der Waals surface area contributed by atoms with Crippen molar-refractivity contribution >= 4 is 0 Å². The van der Waals surface area contributed by atoms with Gasteiger partial charge in [-0.1, -0.05) is 0 Å². The molecule has 1 aliphatic carbocycles. The number of rotatable bonds is 2. The minimum absolute atomic E-state index is 0.552. The van der Waals surface area contributed by atoms with Gasteiger partial charge < -0.3 is 9.64 Å². The van der Waals surface area contributed by atoms with Crippen LogP contribution in [-0.2, 0) is 4.74 Å². The second kappa shape index (κ2) is 4.84. The average Bonchev–Trinajstić information content (AvgIpc) is 2.60. The number of nitrogens with zero attached hydrogens (tertiary/aromatic N) is 1. The first kappa shape index (κ1) is 11.4. The van der Waals surface area contributed by atoms with Gasteiger partial charge in [-0.25, -0.2) is 0 Å². The molecule has 88 valence electrons. The molecule has 0 spiro atoms. The van der Waals surface area contributed by atoms with Crippen molar-refractivity contribution < 1.29 is 4.74 Å². The number of ether oxygens (including phenoxy) is 1. The molecule has 2 aliphatic rings. The molecule has 0 bridgehead atoms. The molecule has 2 rings (SSSR count). The van der Waals surface area contributed by atoms with E-state index in [2.05, 4.69) is 18.9 Å². The van der Waals surface area contributed by atoms with Crippen LogP contribution in [0.25, 0.3) is 0 Å². The number of methoxy groups -OCH3 is 1. The Morgan fingerprint density at radius 3 is 2.20 bits per heavy atom. The van der Waals surface area contributed by atoms with E-state index < -0.39 is 0 Å². The molecule has 1 heterocycles. The first-order chi connectivity index (χ1) is 7.22. The first-order valence-electron chi connectivity index (χ1n) is 6.45. The fourth-order valence-electron chi connectivity index (χ4n) is 3.51. The maximum Gasteiger partial charge on any atom is 0.0571 e. The van der Waals surface area contributed by atoms with Gasteiger partial charge in [0.1, 0.15) is 0 Å². The molecule has 0 amide bonds. The molecule has 0 aromatic rings. The summed E-state index contributed by atoms with van der Waals surface area (Å²) in [4.78, 5) is 2.52. The van der Waals surface area contributed by atoms with E-state index in [-0.39, 0.29) is 0 Å². The lowest BCUT2D eigenvalue weighted by Crippen LogP contribution is -2.32. The summed E-state index contributed by atoms with van der Waals surface area (Å²) in [6, 6.07) is 0.800. The van der Waals surface area contributed by atoms with Crippen LogP contribution in [-0.4, -0.2) is 37.7 Å². The van der Waals surface area contributed by atoms with Gasteiger partial charge in [0.2, 0.25) is 0 Å². The van der Waals surface area contributed by atoms with E-state index in [1.165, 1.54) is 38.6 Å². The summed E-state index contributed by atoms with van der Waals surface area (Å²) in [5, 5.41) is 0. The third-order valence-corrected chi connectivity index (χ3v) is 4.79. The van der Waals surface area contributed by atoms with Crippen LogP contribution in [0.4, 0.5) is 0 Å². The Morgan fingerprint density at radius 2 is 1.73 bits per heavy atom. The van der Waals surface area contributed by atoms with E-state index in [4.69, 9.17) is 4.74 Å². The van der Waals surface area contributed by atoms with E-state index in [1.54, 1.807) is 0 Å². The van der Waals surface area contributed by atoms with Gasteiger partial charge >= 0.3 is 0 Å². The van der Waals surface area contributed by atoms with Crippen LogP contribution in [0, 0.1) is 11.8 Å². The first-order valence-corrected chi connectivity index (χ1v) is 6.45. The minimum atomic E-state index is 0.552. The molecule has 2 atom stereocenters. The monoisotopic (exact) mass is 211 g/mol. The van der Waals surface area contributed by atoms with Crippen molar-refractivity contribution in [3.8, 4) is 0 Å². The Hall–Kier alpha value is -0.0800. The van der Waals surface area contributed by atoms with E-state index in [9.17, 15) is 0 Å². The largest absolute Gasteiger partial charge is 0.381 e. The lowest BCUT2D eigenvalue weighted by molar-refractivity contribution is 0.0432. The Balaban J connectivity index is 1.85. The van der Waals surface area contributed by atoms with Crippen molar-refractivity contribution in [1.29, 1.82) is 0 Å². The summed E-state index contributed by atoms with van der Waals surface area (Å²) >= 11 is 0. The molecule has 2 heteroatoms. The van der Waals surface area contributed by atoms with Gasteiger partial charge in [0.15, 0.2) is 0 Å². The van der Waals surface area contributed by atoms with E-state index in [0.717, 1.165) is 17.9 Å². The summed E-state index contributed by atoms with van der Waals surface area (Å²) in [6.45, 7) is 3.70. The maximum absolute atomic E-state index is 5.44. The molecule has 0 radical (unpaired) electrons. The molecule has 0 aromatic carbocycles. The lowest BCUT2D eigenvalue weighted by atomic mass is 9.76. The fraction of sp³-hybridized carbons (Fsp3) is 1.00. The summed E-state index contributed by atoms with van der Waals surface area (Å²) in [5.74, 6) is 1.92. The summed E-state index contributed by atoms with van der Waals surface area (Å²) in [7, 11) is 4.13. The van der Waals surface area contributed by atoms with Crippen molar-refractivity contribution in [3.63, 3.8) is 0 Å². The molecule has 0 N–H and O–H groups in total. The summed E-state index contributed by atoms with van der Waals surface area (Å²) in [5.41, 5.74) is 0. The van der Waals surface area contributed by atoms with Crippen molar-refractivity contribution in [2.24, 2.45) is 11.8 Å².